The first kappa shape index (κ1) is 22.8. The predicted octanol–water partition coefficient (Wildman–Crippen LogP) is 5.83. The lowest BCUT2D eigenvalue weighted by Gasteiger charge is -2.14. The third kappa shape index (κ3) is 5.25. The maximum atomic E-state index is 13.2. The number of carboxylic acids is 1. The smallest absolute Gasteiger partial charge is 0.335 e. The molecule has 3 rings (SSSR count). The predicted molar refractivity (Wildman–Crippen MR) is 121 cm³/mol. The summed E-state index contributed by atoms with van der Waals surface area (Å²) in [4.78, 5) is 24.5. The number of aromatic carboxylic acids is 1. The van der Waals surface area contributed by atoms with E-state index in [9.17, 15) is 19.8 Å². The van der Waals surface area contributed by atoms with Crippen molar-refractivity contribution in [3.63, 3.8) is 0 Å². The Balaban J connectivity index is 1.99. The van der Waals surface area contributed by atoms with Gasteiger partial charge in [-0.3, -0.25) is 4.79 Å². The van der Waals surface area contributed by atoms with Crippen molar-refractivity contribution in [3.05, 3.63) is 51.7 Å². The van der Waals surface area contributed by atoms with Crippen LogP contribution in [0, 0.1) is 0 Å². The number of hydrogen-bond acceptors (Lipinski definition) is 5. The van der Waals surface area contributed by atoms with E-state index < -0.39 is 12.1 Å². The highest BCUT2D eigenvalue weighted by Crippen LogP contribution is 2.32. The van der Waals surface area contributed by atoms with Gasteiger partial charge in [-0.1, -0.05) is 46.0 Å². The van der Waals surface area contributed by atoms with Crippen LogP contribution < -0.4 is 10.2 Å². The summed E-state index contributed by atoms with van der Waals surface area (Å²) in [6.45, 7) is 4.53. The number of benzene rings is 2. The molecule has 6 nitrogen and oxygen atoms in total. The van der Waals surface area contributed by atoms with Crippen LogP contribution in [0.1, 0.15) is 80.8 Å². The molecule has 0 radical (unpaired) electrons. The summed E-state index contributed by atoms with van der Waals surface area (Å²) < 4.78 is 12.0. The number of carboxylic acid groups (broad SMARTS) is 1. The van der Waals surface area contributed by atoms with Gasteiger partial charge < -0.3 is 19.4 Å². The SMILES string of the molecule is CCCCCCCCOc1cc(C(O)CC)cc2c(=O)c3cc(C(=O)O)ccc3oc12. The molecule has 3 aromatic rings. The Labute approximate surface area is 181 Å². The highest BCUT2D eigenvalue weighted by Gasteiger charge is 2.18. The van der Waals surface area contributed by atoms with Crippen molar-refractivity contribution >= 4 is 27.9 Å². The lowest BCUT2D eigenvalue weighted by atomic mass is 10.0. The molecule has 0 saturated carbocycles. The van der Waals surface area contributed by atoms with Crippen molar-refractivity contribution in [2.75, 3.05) is 6.61 Å². The molecule has 1 atom stereocenters. The number of unbranched alkanes of at least 4 members (excludes halogenated alkanes) is 5. The van der Waals surface area contributed by atoms with Crippen LogP contribution in [0.4, 0.5) is 0 Å². The van der Waals surface area contributed by atoms with E-state index in [1.54, 1.807) is 12.1 Å². The number of aliphatic hydroxyl groups excluding tert-OH is 1. The molecular formula is C25H30O6. The minimum Gasteiger partial charge on any atom is -0.490 e. The first-order chi connectivity index (χ1) is 15.0. The summed E-state index contributed by atoms with van der Waals surface area (Å²) in [7, 11) is 0. The number of carbonyl (C=O) groups is 1. The Morgan fingerprint density at radius 1 is 1.03 bits per heavy atom. The second-order valence-electron chi connectivity index (χ2n) is 7.88. The van der Waals surface area contributed by atoms with Crippen molar-refractivity contribution in [2.24, 2.45) is 0 Å². The van der Waals surface area contributed by atoms with Gasteiger partial charge in [-0.15, -0.1) is 0 Å². The van der Waals surface area contributed by atoms with Gasteiger partial charge in [-0.2, -0.15) is 0 Å². The van der Waals surface area contributed by atoms with E-state index in [1.165, 1.54) is 37.5 Å². The molecule has 1 unspecified atom stereocenters. The van der Waals surface area contributed by atoms with Crippen LogP contribution in [0.25, 0.3) is 21.9 Å². The van der Waals surface area contributed by atoms with E-state index in [-0.39, 0.29) is 21.8 Å². The molecular weight excluding hydrogens is 396 g/mol. The van der Waals surface area contributed by atoms with Gasteiger partial charge in [-0.25, -0.2) is 4.79 Å². The van der Waals surface area contributed by atoms with Gasteiger partial charge in [0, 0.05) is 0 Å². The van der Waals surface area contributed by atoms with E-state index in [2.05, 4.69) is 6.92 Å². The van der Waals surface area contributed by atoms with Gasteiger partial charge >= 0.3 is 5.97 Å². The maximum Gasteiger partial charge on any atom is 0.335 e. The van der Waals surface area contributed by atoms with E-state index in [0.717, 1.165) is 19.3 Å². The van der Waals surface area contributed by atoms with Crippen molar-refractivity contribution in [2.45, 2.75) is 64.9 Å². The molecule has 6 heteroatoms. The highest BCUT2D eigenvalue weighted by molar-refractivity contribution is 5.97. The fraction of sp³-hybridized carbons (Fsp3) is 0.440. The zero-order valence-electron chi connectivity index (χ0n) is 18.1. The standard InChI is InChI=1S/C25H30O6/c1-3-5-6-7-8-9-12-30-22-15-17(20(26)4-2)14-19-23(27)18-13-16(25(28)29)10-11-21(18)31-24(19)22/h10-11,13-15,20,26H,3-9,12H2,1-2H3,(H,28,29). The molecule has 1 aromatic heterocycles. The van der Waals surface area contributed by atoms with E-state index in [0.29, 0.717) is 35.5 Å². The minimum absolute atomic E-state index is 0.0171. The Bertz CT molecular complexity index is 1110. The average molecular weight is 427 g/mol. The normalized spacial score (nSPS) is 12.4. The zero-order valence-corrected chi connectivity index (χ0v) is 18.1. The molecule has 0 aliphatic carbocycles. The van der Waals surface area contributed by atoms with Crippen LogP contribution in [0.15, 0.2) is 39.5 Å². The summed E-state index contributed by atoms with van der Waals surface area (Å²) in [5, 5.41) is 20.1. The first-order valence-corrected chi connectivity index (χ1v) is 11.0. The summed E-state index contributed by atoms with van der Waals surface area (Å²) >= 11 is 0. The molecule has 0 amide bonds. The Hall–Kier alpha value is -2.86. The van der Waals surface area contributed by atoms with Gasteiger partial charge in [0.05, 0.1) is 29.0 Å². The molecule has 1 heterocycles. The number of ether oxygens (including phenoxy) is 1. The molecule has 0 saturated heterocycles. The maximum absolute atomic E-state index is 13.2. The van der Waals surface area contributed by atoms with Crippen LogP contribution in [0.3, 0.4) is 0 Å². The first-order valence-electron chi connectivity index (χ1n) is 11.0. The van der Waals surface area contributed by atoms with Crippen LogP contribution in [-0.2, 0) is 0 Å². The van der Waals surface area contributed by atoms with Gasteiger partial charge in [0.2, 0.25) is 5.43 Å². The molecule has 166 valence electrons. The number of hydrogen-bond donors (Lipinski definition) is 2. The molecule has 2 aromatic carbocycles. The molecule has 0 fully saturated rings. The number of aliphatic hydroxyl groups is 1. The number of fused-ring (bicyclic) bond motifs is 2. The summed E-state index contributed by atoms with van der Waals surface area (Å²) in [5.41, 5.74) is 0.876. The van der Waals surface area contributed by atoms with Crippen LogP contribution in [0.5, 0.6) is 5.75 Å². The van der Waals surface area contributed by atoms with E-state index in [1.807, 2.05) is 6.92 Å². The topological polar surface area (TPSA) is 97.0 Å². The quantitative estimate of drug-likeness (QED) is 0.296. The third-order valence-electron chi connectivity index (χ3n) is 5.53. The van der Waals surface area contributed by atoms with Gasteiger partial charge in [0.1, 0.15) is 5.58 Å². The third-order valence-corrected chi connectivity index (χ3v) is 5.53. The Morgan fingerprint density at radius 3 is 2.48 bits per heavy atom. The van der Waals surface area contributed by atoms with E-state index in [4.69, 9.17) is 9.15 Å². The summed E-state index contributed by atoms with van der Waals surface area (Å²) in [5.74, 6) is -0.686. The van der Waals surface area contributed by atoms with Crippen molar-refractivity contribution in [1.29, 1.82) is 0 Å². The van der Waals surface area contributed by atoms with Crippen molar-refractivity contribution in [3.8, 4) is 5.75 Å². The lowest BCUT2D eigenvalue weighted by molar-refractivity contribution is 0.0697. The second kappa shape index (κ2) is 10.4. The lowest BCUT2D eigenvalue weighted by Crippen LogP contribution is -2.08. The van der Waals surface area contributed by atoms with Crippen LogP contribution in [0.2, 0.25) is 0 Å². The zero-order chi connectivity index (χ0) is 22.4. The van der Waals surface area contributed by atoms with Crippen molar-refractivity contribution < 1.29 is 24.2 Å². The summed E-state index contributed by atoms with van der Waals surface area (Å²) in [6.07, 6.45) is 6.55. The largest absolute Gasteiger partial charge is 0.490 e. The van der Waals surface area contributed by atoms with Gasteiger partial charge in [0.25, 0.3) is 0 Å². The Morgan fingerprint density at radius 2 is 1.77 bits per heavy atom. The molecule has 2 N–H and O–H groups in total. The molecule has 0 bridgehead atoms. The molecule has 0 spiro atoms. The van der Waals surface area contributed by atoms with Gasteiger partial charge in [-0.05, 0) is 48.7 Å². The van der Waals surface area contributed by atoms with E-state index >= 15 is 0 Å². The average Bonchev–Trinajstić information content (AvgIpc) is 2.77. The van der Waals surface area contributed by atoms with Crippen molar-refractivity contribution in [1.82, 2.24) is 0 Å². The van der Waals surface area contributed by atoms with Gasteiger partial charge in [0.15, 0.2) is 11.3 Å². The molecule has 31 heavy (non-hydrogen) atoms. The monoisotopic (exact) mass is 426 g/mol. The summed E-state index contributed by atoms with van der Waals surface area (Å²) in [6, 6.07) is 7.56. The van der Waals surface area contributed by atoms with Crippen LogP contribution >= 0.6 is 0 Å². The Kier molecular flexibility index (Phi) is 7.69. The minimum atomic E-state index is -1.11. The number of rotatable bonds is 11. The molecule has 0 aliphatic heterocycles. The molecule has 0 aliphatic rings. The second-order valence-corrected chi connectivity index (χ2v) is 7.88. The highest BCUT2D eigenvalue weighted by atomic mass is 16.5. The van der Waals surface area contributed by atoms with Crippen LogP contribution in [-0.4, -0.2) is 22.8 Å². The fourth-order valence-corrected chi connectivity index (χ4v) is 3.68. The fourth-order valence-electron chi connectivity index (χ4n) is 3.68.